The number of hydrogen-bond acceptors (Lipinski definition) is 6. The fourth-order valence-corrected chi connectivity index (χ4v) is 2.93. The van der Waals surface area contributed by atoms with Gasteiger partial charge >= 0.3 is 6.03 Å². The lowest BCUT2D eigenvalue weighted by atomic mass is 10.2. The first-order valence-corrected chi connectivity index (χ1v) is 8.12. The fraction of sp³-hybridized carbons (Fsp3) is 0.188. The number of benzene rings is 1. The largest absolute Gasteiger partial charge is 0.324 e. The van der Waals surface area contributed by atoms with E-state index in [-0.39, 0.29) is 12.0 Å². The first kappa shape index (κ1) is 16.0. The molecule has 0 aliphatic rings. The van der Waals surface area contributed by atoms with Gasteiger partial charge in [0.05, 0.1) is 23.4 Å². The van der Waals surface area contributed by atoms with E-state index in [1.807, 2.05) is 37.3 Å². The zero-order valence-electron chi connectivity index (χ0n) is 13.3. The molecule has 2 aromatic heterocycles. The average molecular weight is 340 g/mol. The molecule has 0 atom stereocenters. The van der Waals surface area contributed by atoms with Gasteiger partial charge in [-0.3, -0.25) is 5.32 Å². The molecule has 0 aliphatic carbocycles. The van der Waals surface area contributed by atoms with Crippen LogP contribution in [-0.2, 0) is 6.54 Å². The van der Waals surface area contributed by atoms with Gasteiger partial charge < -0.3 is 4.90 Å². The molecule has 7 nitrogen and oxygen atoms in total. The van der Waals surface area contributed by atoms with E-state index in [1.165, 1.54) is 0 Å². The van der Waals surface area contributed by atoms with Crippen molar-refractivity contribution >= 4 is 23.3 Å². The van der Waals surface area contributed by atoms with Crippen molar-refractivity contribution in [2.45, 2.75) is 13.5 Å². The van der Waals surface area contributed by atoms with Gasteiger partial charge in [-0.05, 0) is 6.92 Å². The van der Waals surface area contributed by atoms with E-state index in [4.69, 9.17) is 0 Å². The summed E-state index contributed by atoms with van der Waals surface area (Å²) in [7, 11) is 1.71. The van der Waals surface area contributed by atoms with Crippen LogP contribution in [0.2, 0.25) is 0 Å². The van der Waals surface area contributed by atoms with E-state index >= 15 is 0 Å². The Morgan fingerprint density at radius 2 is 2.04 bits per heavy atom. The summed E-state index contributed by atoms with van der Waals surface area (Å²) in [6.07, 6.45) is 3.34. The van der Waals surface area contributed by atoms with Crippen molar-refractivity contribution in [2.75, 3.05) is 12.4 Å². The Hall–Kier alpha value is -2.87. The summed E-state index contributed by atoms with van der Waals surface area (Å²) in [6.45, 7) is 2.41. The number of hydrogen-bond donors (Lipinski definition) is 1. The third kappa shape index (κ3) is 3.90. The zero-order valence-corrected chi connectivity index (χ0v) is 14.1. The molecule has 0 bridgehead atoms. The quantitative estimate of drug-likeness (QED) is 0.789. The van der Waals surface area contributed by atoms with E-state index in [1.54, 1.807) is 35.7 Å². The SMILES string of the molecule is Cc1ncc(CN(C)C(=O)Nc2nncc(-c3ccccc3)n2)s1. The van der Waals surface area contributed by atoms with E-state index in [0.29, 0.717) is 12.2 Å². The summed E-state index contributed by atoms with van der Waals surface area (Å²) in [5.41, 5.74) is 1.57. The lowest BCUT2D eigenvalue weighted by molar-refractivity contribution is 0.221. The van der Waals surface area contributed by atoms with Gasteiger partial charge in [-0.2, -0.15) is 5.10 Å². The maximum absolute atomic E-state index is 12.3. The normalized spacial score (nSPS) is 10.4. The van der Waals surface area contributed by atoms with E-state index in [9.17, 15) is 4.79 Å². The van der Waals surface area contributed by atoms with Gasteiger partial charge in [0.1, 0.15) is 0 Å². The molecule has 3 rings (SSSR count). The summed E-state index contributed by atoms with van der Waals surface area (Å²) in [6, 6.07) is 9.31. The molecule has 122 valence electrons. The highest BCUT2D eigenvalue weighted by atomic mass is 32.1. The molecular formula is C16H16N6OS. The summed E-state index contributed by atoms with van der Waals surface area (Å²) >= 11 is 1.56. The number of aryl methyl sites for hydroxylation is 1. The molecular weight excluding hydrogens is 324 g/mol. The topological polar surface area (TPSA) is 83.9 Å². The standard InChI is InChI=1S/C16H16N6OS/c1-11-17-8-13(24-11)10-22(2)16(23)20-15-19-14(9-18-21-15)12-6-4-3-5-7-12/h3-9H,10H2,1-2H3,(H,19,20,21,23). The second kappa shape index (κ2) is 7.14. The highest BCUT2D eigenvalue weighted by Crippen LogP contribution is 2.16. The number of aromatic nitrogens is 4. The predicted octanol–water partition coefficient (Wildman–Crippen LogP) is 2.97. The molecule has 0 saturated heterocycles. The van der Waals surface area contributed by atoms with Crippen LogP contribution in [-0.4, -0.2) is 38.1 Å². The molecule has 0 fully saturated rings. The highest BCUT2D eigenvalue weighted by molar-refractivity contribution is 7.11. The van der Waals surface area contributed by atoms with Crippen LogP contribution in [0.3, 0.4) is 0 Å². The lowest BCUT2D eigenvalue weighted by Crippen LogP contribution is -2.31. The maximum atomic E-state index is 12.3. The minimum atomic E-state index is -0.298. The van der Waals surface area contributed by atoms with Crippen LogP contribution in [0.15, 0.2) is 42.7 Å². The number of carbonyl (C=O) groups is 1. The Bertz CT molecular complexity index is 835. The molecule has 0 radical (unpaired) electrons. The van der Waals surface area contributed by atoms with Crippen LogP contribution in [0.5, 0.6) is 0 Å². The summed E-state index contributed by atoms with van der Waals surface area (Å²) in [4.78, 5) is 23.3. The number of carbonyl (C=O) groups excluding carboxylic acids is 1. The van der Waals surface area contributed by atoms with Crippen molar-refractivity contribution in [3.05, 3.63) is 52.6 Å². The monoisotopic (exact) mass is 340 g/mol. The molecule has 2 heterocycles. The Morgan fingerprint density at radius 3 is 2.75 bits per heavy atom. The van der Waals surface area contributed by atoms with Gasteiger partial charge in [-0.1, -0.05) is 30.3 Å². The van der Waals surface area contributed by atoms with E-state index < -0.39 is 0 Å². The van der Waals surface area contributed by atoms with Crippen LogP contribution >= 0.6 is 11.3 Å². The summed E-state index contributed by atoms with van der Waals surface area (Å²) < 4.78 is 0. The third-order valence-corrected chi connectivity index (χ3v) is 4.15. The van der Waals surface area contributed by atoms with Crippen molar-refractivity contribution < 1.29 is 4.79 Å². The highest BCUT2D eigenvalue weighted by Gasteiger charge is 2.13. The smallest absolute Gasteiger partial charge is 0.322 e. The van der Waals surface area contributed by atoms with Gasteiger partial charge in [0.25, 0.3) is 5.95 Å². The predicted molar refractivity (Wildman–Crippen MR) is 92.6 cm³/mol. The van der Waals surface area contributed by atoms with Crippen molar-refractivity contribution in [3.63, 3.8) is 0 Å². The number of amides is 2. The number of nitrogens with zero attached hydrogens (tertiary/aromatic N) is 5. The number of rotatable bonds is 4. The molecule has 0 saturated carbocycles. The molecule has 24 heavy (non-hydrogen) atoms. The molecule has 2 amide bonds. The molecule has 3 aromatic rings. The minimum absolute atomic E-state index is 0.175. The Balaban J connectivity index is 1.68. The van der Waals surface area contributed by atoms with Crippen molar-refractivity contribution in [3.8, 4) is 11.3 Å². The van der Waals surface area contributed by atoms with Crippen LogP contribution < -0.4 is 5.32 Å². The first-order valence-electron chi connectivity index (χ1n) is 7.30. The van der Waals surface area contributed by atoms with Crippen LogP contribution in [0.1, 0.15) is 9.88 Å². The Labute approximate surface area is 143 Å². The van der Waals surface area contributed by atoms with Crippen molar-refractivity contribution in [1.82, 2.24) is 25.1 Å². The Morgan fingerprint density at radius 1 is 1.25 bits per heavy atom. The van der Waals surface area contributed by atoms with Crippen molar-refractivity contribution in [2.24, 2.45) is 0 Å². The van der Waals surface area contributed by atoms with Gasteiger partial charge in [-0.25, -0.2) is 14.8 Å². The van der Waals surface area contributed by atoms with Gasteiger partial charge in [-0.15, -0.1) is 16.4 Å². The minimum Gasteiger partial charge on any atom is -0.322 e. The number of anilines is 1. The van der Waals surface area contributed by atoms with Crippen molar-refractivity contribution in [1.29, 1.82) is 0 Å². The van der Waals surface area contributed by atoms with E-state index in [2.05, 4.69) is 25.5 Å². The molecule has 0 unspecified atom stereocenters. The van der Waals surface area contributed by atoms with Crippen LogP contribution in [0.4, 0.5) is 10.7 Å². The summed E-state index contributed by atoms with van der Waals surface area (Å²) in [5.74, 6) is 0.175. The first-order chi connectivity index (χ1) is 11.6. The van der Waals surface area contributed by atoms with Gasteiger partial charge in [0.15, 0.2) is 0 Å². The Kier molecular flexibility index (Phi) is 4.76. The summed E-state index contributed by atoms with van der Waals surface area (Å²) in [5, 5.41) is 11.4. The molecule has 1 N–H and O–H groups in total. The molecule has 0 spiro atoms. The third-order valence-electron chi connectivity index (χ3n) is 3.26. The molecule has 1 aromatic carbocycles. The zero-order chi connectivity index (χ0) is 16.9. The van der Waals surface area contributed by atoms with Crippen LogP contribution in [0.25, 0.3) is 11.3 Å². The number of thiazole rings is 1. The second-order valence-electron chi connectivity index (χ2n) is 5.16. The molecule has 8 heteroatoms. The number of nitrogens with one attached hydrogen (secondary N) is 1. The van der Waals surface area contributed by atoms with Crippen LogP contribution in [0, 0.1) is 6.92 Å². The second-order valence-corrected chi connectivity index (χ2v) is 6.48. The average Bonchev–Trinajstić information content (AvgIpc) is 3.00. The van der Waals surface area contributed by atoms with Gasteiger partial charge in [0, 0.05) is 23.7 Å². The van der Waals surface area contributed by atoms with Gasteiger partial charge in [0.2, 0.25) is 0 Å². The molecule has 0 aliphatic heterocycles. The fourth-order valence-electron chi connectivity index (χ4n) is 2.08. The maximum Gasteiger partial charge on any atom is 0.324 e. The lowest BCUT2D eigenvalue weighted by Gasteiger charge is -2.16. The van der Waals surface area contributed by atoms with E-state index in [0.717, 1.165) is 15.4 Å². The number of urea groups is 1.